The van der Waals surface area contributed by atoms with Crippen LogP contribution in [0.1, 0.15) is 120 Å². The summed E-state index contributed by atoms with van der Waals surface area (Å²) in [5.41, 5.74) is 4.69. The molecule has 13 rings (SSSR count). The molecule has 3 aliphatic heterocycles. The Balaban J connectivity index is 0.709. The molecule has 8 atom stereocenters. The molecule has 9 N–H and O–H groups in total. The fourth-order valence-corrected chi connectivity index (χ4v) is 17.3. The highest BCUT2D eigenvalue weighted by molar-refractivity contribution is 7.22. The van der Waals surface area contributed by atoms with Gasteiger partial charge in [-0.05, 0) is 147 Å². The molecule has 3 aromatic heterocycles. The first-order valence-electron chi connectivity index (χ1n) is 33.0. The molecule has 6 aromatic rings. The Bertz CT molecular complexity index is 4030. The number of hydrogen-bond acceptors (Lipinski definition) is 21. The van der Waals surface area contributed by atoms with Crippen molar-refractivity contribution in [3.05, 3.63) is 130 Å². The number of unbranched alkanes of at least 4 members (excludes halogenated alkanes) is 1. The van der Waals surface area contributed by atoms with Crippen LogP contribution < -0.4 is 20.3 Å². The Morgan fingerprint density at radius 2 is 1.62 bits per heavy atom. The highest BCUT2D eigenvalue weighted by Gasteiger charge is 2.66. The van der Waals surface area contributed by atoms with Crippen LogP contribution in [0.4, 0.5) is 15.7 Å². The number of carbonyl (C=O) groups is 7. The number of carboxylic acids is 2. The molecule has 3 aromatic carbocycles. The number of benzene rings is 3. The van der Waals surface area contributed by atoms with Crippen LogP contribution in [0.25, 0.3) is 21.3 Å². The van der Waals surface area contributed by atoms with E-state index in [0.717, 1.165) is 76.2 Å². The van der Waals surface area contributed by atoms with Gasteiger partial charge in [-0.15, -0.1) is 0 Å². The van der Waals surface area contributed by atoms with Gasteiger partial charge in [-0.2, -0.15) is 5.10 Å². The number of nitrogens with one attached hydrogen (secondary N) is 2. The molecule has 4 saturated carbocycles. The number of hydrogen-bond donors (Lipinski definition) is 9. The average molecular weight is 1370 g/mol. The number of imide groups is 1. The van der Waals surface area contributed by atoms with Crippen molar-refractivity contribution in [1.29, 1.82) is 0 Å². The maximum atomic E-state index is 14.3. The number of nitrogens with zero attached hydrogens (tertiary/aromatic N) is 7. The number of para-hydroxylation sites is 1. The van der Waals surface area contributed by atoms with E-state index in [1.807, 2.05) is 59.0 Å². The molecular formula is C70H81N9O18S. The number of aliphatic hydroxyl groups is 5. The number of amides is 5. The average Bonchev–Trinajstić information content (AvgIpc) is 0.810. The van der Waals surface area contributed by atoms with Crippen LogP contribution >= 0.6 is 11.3 Å². The molecule has 6 heterocycles. The van der Waals surface area contributed by atoms with Crippen LogP contribution in [0, 0.1) is 23.2 Å². The summed E-state index contributed by atoms with van der Waals surface area (Å²) < 4.78 is 27.4. The molecule has 2 unspecified atom stereocenters. The number of aliphatic carboxylic acids is 1. The Labute approximate surface area is 568 Å². The second kappa shape index (κ2) is 28.2. The van der Waals surface area contributed by atoms with Crippen molar-refractivity contribution in [2.45, 2.75) is 154 Å². The summed E-state index contributed by atoms with van der Waals surface area (Å²) in [5, 5.41) is 83.9. The Morgan fingerprint density at radius 1 is 0.857 bits per heavy atom. The fourth-order valence-electron chi connectivity index (χ4n) is 16.4. The first kappa shape index (κ1) is 69.2. The highest BCUT2D eigenvalue weighted by Crippen LogP contribution is 2.72. The number of carboxylic acid groups (broad SMARTS) is 2. The highest BCUT2D eigenvalue weighted by atomic mass is 32.1. The third kappa shape index (κ3) is 14.8. The molecule has 520 valence electrons. The number of aliphatic hydroxyl groups excluding tert-OH is 5. The minimum absolute atomic E-state index is 0.00368. The number of aromatic carboxylic acids is 1. The van der Waals surface area contributed by atoms with Gasteiger partial charge in [0.25, 0.3) is 17.7 Å². The van der Waals surface area contributed by atoms with Gasteiger partial charge in [0.1, 0.15) is 43.0 Å². The first-order valence-corrected chi connectivity index (χ1v) is 33.8. The van der Waals surface area contributed by atoms with Gasteiger partial charge >= 0.3 is 18.0 Å². The van der Waals surface area contributed by atoms with Crippen molar-refractivity contribution >= 4 is 74.2 Å². The number of aromatic nitrogens is 4. The van der Waals surface area contributed by atoms with Crippen LogP contribution in [0.2, 0.25) is 0 Å². The van der Waals surface area contributed by atoms with Gasteiger partial charge in [-0.3, -0.25) is 34.1 Å². The van der Waals surface area contributed by atoms with Gasteiger partial charge in [0.2, 0.25) is 12.2 Å². The van der Waals surface area contributed by atoms with Crippen LogP contribution in [-0.2, 0) is 65.9 Å². The van der Waals surface area contributed by atoms with E-state index in [-0.39, 0.29) is 71.8 Å². The Kier molecular flexibility index (Phi) is 19.9. The van der Waals surface area contributed by atoms with E-state index in [0.29, 0.717) is 84.9 Å². The van der Waals surface area contributed by atoms with E-state index >= 15 is 0 Å². The van der Waals surface area contributed by atoms with Crippen molar-refractivity contribution in [2.75, 3.05) is 56.2 Å². The molecule has 1 saturated heterocycles. The first-order chi connectivity index (χ1) is 46.8. The lowest BCUT2D eigenvalue weighted by Crippen LogP contribution is -2.64. The zero-order valence-corrected chi connectivity index (χ0v) is 55.5. The summed E-state index contributed by atoms with van der Waals surface area (Å²) >= 11 is 1.40. The standard InChI is InChI=1S/C70H81N9O18S/c1-40-47(45-16-17-52(74-56(45)62(89)90)77-23-20-42-10-8-11-46(48(42)29-77)61(88)75-65-73-49-12-4-5-13-51(49)98-65)28-72-79(40)39-69-34-67(2)33-68(3,35-69)37-70(36-67,38-69)95-26-25-76(24-21-44(81)31-80)66(93)94-32-43-15-14-41(9-6-7-22-71-53(82)30-78-54(83)18-19-55(78)84)27-50(43)96-64-59(87)57(85)58(86)60(97-64)63(91)92/h4-5,8,10-19,27-28,44,57-60,64,80-81,85-87H,6-7,9,20-26,29-39H2,1-3H3,(H,71,82)(H,89,90)(H,91,92)(H,73,75,88)/t44-,57-,58-,59+,60-,64+,67?,68?,69?,70?/m0/s1. The molecule has 4 aliphatic carbocycles. The fraction of sp³-hybridized carbons (Fsp3) is 0.486. The molecule has 5 fully saturated rings. The molecule has 4 bridgehead atoms. The number of carbonyl (C=O) groups excluding carboxylic acids is 5. The molecule has 28 heteroatoms. The number of ether oxygens (including phenoxy) is 4. The lowest BCUT2D eigenvalue weighted by Gasteiger charge is -2.69. The SMILES string of the molecule is Cc1c(-c2ccc(N3CCc4cccc(C(=O)Nc5nc6ccccc6s5)c4C3)nc2C(=O)O)cnn1CC12CC3(C)CC(C)(C1)CC(OCCN(CC[C@H](O)CO)C(=O)OCc1ccc(CCCCNC(=O)CN4C(=O)C=CC4=O)cc1O[C@@H]1O[C@H](C(=O)O)[C@@H](O)[C@H](O)[C@H]1O)(C3)C2. The topological polar surface area (TPSA) is 375 Å². The number of thiazole rings is 1. The number of rotatable bonds is 27. The van der Waals surface area contributed by atoms with Crippen LogP contribution in [0.15, 0.2) is 91.1 Å². The third-order valence-electron chi connectivity index (χ3n) is 19.9. The maximum absolute atomic E-state index is 14.3. The summed E-state index contributed by atoms with van der Waals surface area (Å²) in [7, 11) is 0. The lowest BCUT2D eigenvalue weighted by atomic mass is 9.39. The molecule has 27 nitrogen and oxygen atoms in total. The van der Waals surface area contributed by atoms with Crippen molar-refractivity contribution in [3.63, 3.8) is 0 Å². The second-order valence-electron chi connectivity index (χ2n) is 27.8. The molecular weight excluding hydrogens is 1290 g/mol. The molecule has 5 amide bonds. The Hall–Kier alpha value is -8.74. The minimum Gasteiger partial charge on any atom is -0.479 e. The largest absolute Gasteiger partial charge is 0.479 e. The number of anilines is 2. The van der Waals surface area contributed by atoms with Gasteiger partial charge < -0.3 is 69.8 Å². The van der Waals surface area contributed by atoms with Gasteiger partial charge in [0, 0.05) is 79.4 Å². The summed E-state index contributed by atoms with van der Waals surface area (Å²) in [6.07, 6.45) is -0.706. The van der Waals surface area contributed by atoms with Crippen molar-refractivity contribution in [1.82, 2.24) is 34.9 Å². The molecule has 98 heavy (non-hydrogen) atoms. The van der Waals surface area contributed by atoms with Crippen molar-refractivity contribution in [2.24, 2.45) is 16.2 Å². The normalized spacial score (nSPS) is 25.7. The quantitative estimate of drug-likeness (QED) is 0.0226. The lowest BCUT2D eigenvalue weighted by molar-refractivity contribution is -0.271. The summed E-state index contributed by atoms with van der Waals surface area (Å²) in [6.45, 7) is 6.87. The Morgan fingerprint density at radius 3 is 2.36 bits per heavy atom. The predicted octanol–water partition coefficient (Wildman–Crippen LogP) is 5.53. The third-order valence-corrected chi connectivity index (χ3v) is 20.8. The maximum Gasteiger partial charge on any atom is 0.410 e. The van der Waals surface area contributed by atoms with E-state index in [1.165, 1.54) is 16.2 Å². The van der Waals surface area contributed by atoms with E-state index in [4.69, 9.17) is 29.0 Å². The van der Waals surface area contributed by atoms with Gasteiger partial charge in [-0.1, -0.05) is 61.6 Å². The number of pyridine rings is 1. The summed E-state index contributed by atoms with van der Waals surface area (Å²) in [5.74, 6) is -4.33. The van der Waals surface area contributed by atoms with Gasteiger partial charge in [-0.25, -0.2) is 24.4 Å². The summed E-state index contributed by atoms with van der Waals surface area (Å²) in [6, 6.07) is 21.8. The minimum atomic E-state index is -1.99. The smallest absolute Gasteiger partial charge is 0.410 e. The van der Waals surface area contributed by atoms with E-state index < -0.39 is 97.9 Å². The van der Waals surface area contributed by atoms with Crippen LogP contribution in [0.3, 0.4) is 0 Å². The second-order valence-corrected chi connectivity index (χ2v) is 28.8. The zero-order chi connectivity index (χ0) is 69.4. The number of aryl methyl sites for hydroxylation is 1. The van der Waals surface area contributed by atoms with E-state index in [9.17, 15) is 69.3 Å². The van der Waals surface area contributed by atoms with Crippen LogP contribution in [0.5, 0.6) is 5.75 Å². The van der Waals surface area contributed by atoms with Crippen molar-refractivity contribution in [3.8, 4) is 16.9 Å². The molecule has 0 spiro atoms. The zero-order valence-electron chi connectivity index (χ0n) is 54.6. The van der Waals surface area contributed by atoms with Gasteiger partial charge in [0.15, 0.2) is 16.9 Å². The number of fused-ring (bicyclic) bond motifs is 2. The van der Waals surface area contributed by atoms with Crippen molar-refractivity contribution < 1.29 is 88.3 Å². The van der Waals surface area contributed by atoms with E-state index in [1.54, 1.807) is 36.5 Å². The monoisotopic (exact) mass is 1370 g/mol. The van der Waals surface area contributed by atoms with Gasteiger partial charge in [0.05, 0.1) is 41.3 Å². The molecule has 7 aliphatic rings. The predicted molar refractivity (Wildman–Crippen MR) is 354 cm³/mol. The van der Waals surface area contributed by atoms with E-state index in [2.05, 4.69) is 29.5 Å². The van der Waals surface area contributed by atoms with Crippen LogP contribution in [-0.4, -0.2) is 195 Å². The molecule has 0 radical (unpaired) electrons. The summed E-state index contributed by atoms with van der Waals surface area (Å²) in [4.78, 5) is 103.